The Hall–Kier alpha value is -0.330. The van der Waals surface area contributed by atoms with Crippen LogP contribution in [0.4, 0.5) is 0 Å². The lowest BCUT2D eigenvalue weighted by Gasteiger charge is -2.25. The Balaban J connectivity index is 2.03. The van der Waals surface area contributed by atoms with Crippen LogP contribution in [0.25, 0.3) is 0 Å². The first kappa shape index (κ1) is 16.0. The van der Waals surface area contributed by atoms with Gasteiger partial charge in [-0.25, -0.2) is 13.1 Å². The molecule has 1 fully saturated rings. The van der Waals surface area contributed by atoms with Crippen LogP contribution >= 0.6 is 23.2 Å². The van der Waals surface area contributed by atoms with E-state index in [4.69, 9.17) is 23.2 Å². The molecule has 1 aromatic rings. The summed E-state index contributed by atoms with van der Waals surface area (Å²) in [5.74, 6) is 0.170. The van der Waals surface area contributed by atoms with E-state index < -0.39 is 10.0 Å². The Kier molecular flexibility index (Phi) is 5.31. The number of hydrogen-bond donors (Lipinski definition) is 2. The van der Waals surface area contributed by atoms with Crippen molar-refractivity contribution in [2.45, 2.75) is 36.7 Å². The first-order valence-electron chi connectivity index (χ1n) is 6.50. The average Bonchev–Trinajstić information content (AvgIpc) is 2.35. The van der Waals surface area contributed by atoms with Crippen molar-refractivity contribution in [2.75, 3.05) is 6.54 Å². The van der Waals surface area contributed by atoms with Crippen LogP contribution in [0, 0.1) is 5.92 Å². The van der Waals surface area contributed by atoms with Gasteiger partial charge in [0.2, 0.25) is 10.0 Å². The zero-order valence-corrected chi connectivity index (χ0v) is 13.2. The molecular formula is C13H17Cl2NO3S. The van der Waals surface area contributed by atoms with Gasteiger partial charge in [-0.15, -0.1) is 0 Å². The molecule has 2 rings (SSSR count). The van der Waals surface area contributed by atoms with Gasteiger partial charge in [0.05, 0.1) is 11.0 Å². The second kappa shape index (κ2) is 6.62. The van der Waals surface area contributed by atoms with Crippen molar-refractivity contribution in [1.82, 2.24) is 4.72 Å². The number of rotatable bonds is 4. The molecule has 2 unspecified atom stereocenters. The first-order valence-corrected chi connectivity index (χ1v) is 8.74. The third kappa shape index (κ3) is 4.33. The molecule has 2 atom stereocenters. The summed E-state index contributed by atoms with van der Waals surface area (Å²) in [6, 6.07) is 4.22. The van der Waals surface area contributed by atoms with E-state index in [1.807, 2.05) is 0 Å². The fourth-order valence-corrected chi connectivity index (χ4v) is 4.28. The van der Waals surface area contributed by atoms with E-state index in [-0.39, 0.29) is 27.0 Å². The number of aliphatic hydroxyl groups is 1. The van der Waals surface area contributed by atoms with Crippen LogP contribution in [0.5, 0.6) is 0 Å². The third-order valence-corrected chi connectivity index (χ3v) is 5.30. The number of halogens is 2. The summed E-state index contributed by atoms with van der Waals surface area (Å²) in [4.78, 5) is 0.0614. The van der Waals surface area contributed by atoms with Crippen molar-refractivity contribution in [3.8, 4) is 0 Å². The van der Waals surface area contributed by atoms with E-state index in [0.29, 0.717) is 13.0 Å². The fourth-order valence-electron chi connectivity index (χ4n) is 2.44. The minimum Gasteiger partial charge on any atom is -0.393 e. The minimum absolute atomic E-state index is 0.0614. The molecule has 0 saturated heterocycles. The van der Waals surface area contributed by atoms with Gasteiger partial charge in [0.25, 0.3) is 0 Å². The number of hydrogen-bond acceptors (Lipinski definition) is 3. The van der Waals surface area contributed by atoms with E-state index >= 15 is 0 Å². The summed E-state index contributed by atoms with van der Waals surface area (Å²) in [6.07, 6.45) is 2.97. The van der Waals surface area contributed by atoms with E-state index in [1.54, 1.807) is 0 Å². The second-order valence-electron chi connectivity index (χ2n) is 5.14. The molecular weight excluding hydrogens is 321 g/mol. The van der Waals surface area contributed by atoms with Gasteiger partial charge < -0.3 is 5.11 Å². The van der Waals surface area contributed by atoms with E-state index in [1.165, 1.54) is 18.2 Å². The molecule has 1 aromatic carbocycles. The maximum atomic E-state index is 12.2. The molecule has 0 spiro atoms. The van der Waals surface area contributed by atoms with Crippen molar-refractivity contribution in [1.29, 1.82) is 0 Å². The molecule has 1 saturated carbocycles. The zero-order valence-electron chi connectivity index (χ0n) is 10.9. The number of nitrogens with one attached hydrogen (secondary N) is 1. The Labute approximate surface area is 129 Å². The van der Waals surface area contributed by atoms with Crippen LogP contribution in [0.1, 0.15) is 25.7 Å². The standard InChI is InChI=1S/C13H17Cl2NO3S/c14-10-5-11(15)7-13(6-10)20(18,19)16-8-9-2-1-3-12(17)4-9/h5-7,9,12,16-17H,1-4,8H2. The lowest BCUT2D eigenvalue weighted by Crippen LogP contribution is -2.33. The molecule has 4 nitrogen and oxygen atoms in total. The van der Waals surface area contributed by atoms with Crippen molar-refractivity contribution in [3.63, 3.8) is 0 Å². The molecule has 7 heteroatoms. The van der Waals surface area contributed by atoms with E-state index in [2.05, 4.69) is 4.72 Å². The second-order valence-corrected chi connectivity index (χ2v) is 7.78. The van der Waals surface area contributed by atoms with E-state index in [0.717, 1.165) is 19.3 Å². The number of aliphatic hydroxyl groups excluding tert-OH is 1. The van der Waals surface area contributed by atoms with Crippen LogP contribution in [0.2, 0.25) is 10.0 Å². The van der Waals surface area contributed by atoms with Gasteiger partial charge in [-0.1, -0.05) is 29.6 Å². The summed E-state index contributed by atoms with van der Waals surface area (Å²) in [6.45, 7) is 0.323. The van der Waals surface area contributed by atoms with Crippen LogP contribution in [0.3, 0.4) is 0 Å². The molecule has 0 amide bonds. The SMILES string of the molecule is O=S(=O)(NCC1CCCC(O)C1)c1cc(Cl)cc(Cl)c1. The Morgan fingerprint density at radius 1 is 1.20 bits per heavy atom. The molecule has 0 heterocycles. The van der Waals surface area contributed by atoms with Gasteiger partial charge >= 0.3 is 0 Å². The van der Waals surface area contributed by atoms with Crippen molar-refractivity contribution in [3.05, 3.63) is 28.2 Å². The summed E-state index contributed by atoms with van der Waals surface area (Å²) >= 11 is 11.6. The highest BCUT2D eigenvalue weighted by atomic mass is 35.5. The topological polar surface area (TPSA) is 66.4 Å². The smallest absolute Gasteiger partial charge is 0.240 e. The molecule has 20 heavy (non-hydrogen) atoms. The number of benzene rings is 1. The van der Waals surface area contributed by atoms with Crippen LogP contribution in [-0.2, 0) is 10.0 Å². The third-order valence-electron chi connectivity index (χ3n) is 3.46. The Bertz CT molecular complexity index is 557. The van der Waals surface area contributed by atoms with Gasteiger partial charge in [-0.05, 0) is 43.4 Å². The highest BCUT2D eigenvalue weighted by molar-refractivity contribution is 7.89. The Morgan fingerprint density at radius 2 is 1.85 bits per heavy atom. The van der Waals surface area contributed by atoms with Crippen molar-refractivity contribution < 1.29 is 13.5 Å². The zero-order chi connectivity index (χ0) is 14.8. The average molecular weight is 338 g/mol. The Morgan fingerprint density at radius 3 is 2.45 bits per heavy atom. The summed E-state index contributed by atoms with van der Waals surface area (Å²) in [7, 11) is -3.62. The molecule has 0 aliphatic heterocycles. The summed E-state index contributed by atoms with van der Waals surface area (Å²) in [5.41, 5.74) is 0. The maximum absolute atomic E-state index is 12.2. The molecule has 0 radical (unpaired) electrons. The predicted molar refractivity (Wildman–Crippen MR) is 79.6 cm³/mol. The first-order chi connectivity index (χ1) is 9.37. The van der Waals surface area contributed by atoms with Gasteiger partial charge in [-0.2, -0.15) is 0 Å². The van der Waals surface area contributed by atoms with Gasteiger partial charge in [0, 0.05) is 16.6 Å². The highest BCUT2D eigenvalue weighted by Gasteiger charge is 2.23. The van der Waals surface area contributed by atoms with Gasteiger partial charge in [0.15, 0.2) is 0 Å². The molecule has 1 aliphatic rings. The van der Waals surface area contributed by atoms with Crippen LogP contribution in [-0.4, -0.2) is 26.2 Å². The normalized spacial score (nSPS) is 23.8. The van der Waals surface area contributed by atoms with Crippen LogP contribution in [0.15, 0.2) is 23.1 Å². The predicted octanol–water partition coefficient (Wildman–Crippen LogP) is 2.82. The molecule has 112 valence electrons. The quantitative estimate of drug-likeness (QED) is 0.887. The molecule has 0 bridgehead atoms. The van der Waals surface area contributed by atoms with Crippen molar-refractivity contribution >= 4 is 33.2 Å². The van der Waals surface area contributed by atoms with Crippen LogP contribution < -0.4 is 4.72 Å². The molecule has 0 aromatic heterocycles. The maximum Gasteiger partial charge on any atom is 0.240 e. The fraction of sp³-hybridized carbons (Fsp3) is 0.538. The van der Waals surface area contributed by atoms with Gasteiger partial charge in [-0.3, -0.25) is 0 Å². The monoisotopic (exact) mass is 337 g/mol. The van der Waals surface area contributed by atoms with Crippen molar-refractivity contribution in [2.24, 2.45) is 5.92 Å². The highest BCUT2D eigenvalue weighted by Crippen LogP contribution is 2.25. The lowest BCUT2D eigenvalue weighted by atomic mass is 9.87. The van der Waals surface area contributed by atoms with Gasteiger partial charge in [0.1, 0.15) is 0 Å². The summed E-state index contributed by atoms with van der Waals surface area (Å²) in [5, 5.41) is 10.2. The molecule has 1 aliphatic carbocycles. The summed E-state index contributed by atoms with van der Waals surface area (Å²) < 4.78 is 26.9. The number of sulfonamides is 1. The minimum atomic E-state index is -3.62. The molecule has 2 N–H and O–H groups in total. The lowest BCUT2D eigenvalue weighted by molar-refractivity contribution is 0.102. The van der Waals surface area contributed by atoms with E-state index in [9.17, 15) is 13.5 Å². The largest absolute Gasteiger partial charge is 0.393 e.